The first-order chi connectivity index (χ1) is 10.3. The third kappa shape index (κ3) is 2.60. The summed E-state index contributed by atoms with van der Waals surface area (Å²) in [6, 6.07) is 19.6. The second kappa shape index (κ2) is 5.71. The Morgan fingerprint density at radius 2 is 1.76 bits per heavy atom. The summed E-state index contributed by atoms with van der Waals surface area (Å²) in [7, 11) is 0. The lowest BCUT2D eigenvalue weighted by Crippen LogP contribution is -2.01. The maximum absolute atomic E-state index is 6.09. The topological polar surface area (TPSA) is 53.1 Å². The number of rotatable bonds is 4. The van der Waals surface area contributed by atoms with Crippen LogP contribution in [0.1, 0.15) is 6.92 Å². The Kier molecular flexibility index (Phi) is 3.60. The van der Waals surface area contributed by atoms with Gasteiger partial charge in [-0.05, 0) is 31.2 Å². The van der Waals surface area contributed by atoms with Gasteiger partial charge in [-0.3, -0.25) is 0 Å². The molecule has 0 saturated carbocycles. The highest BCUT2D eigenvalue weighted by atomic mass is 16.5. The number of nitrogens with zero attached hydrogens (tertiary/aromatic N) is 2. The van der Waals surface area contributed by atoms with Crippen LogP contribution in [0.5, 0.6) is 5.75 Å². The van der Waals surface area contributed by atoms with Crippen molar-refractivity contribution in [2.75, 3.05) is 12.3 Å². The molecule has 106 valence electrons. The molecule has 0 aliphatic rings. The van der Waals surface area contributed by atoms with E-state index in [9.17, 15) is 0 Å². The van der Waals surface area contributed by atoms with E-state index in [1.54, 1.807) is 4.68 Å². The van der Waals surface area contributed by atoms with Gasteiger partial charge in [0.05, 0.1) is 18.0 Å². The molecule has 0 amide bonds. The first-order valence-electron chi connectivity index (χ1n) is 6.92. The minimum Gasteiger partial charge on any atom is -0.493 e. The Bertz CT molecular complexity index is 735. The van der Waals surface area contributed by atoms with Crippen LogP contribution in [0, 0.1) is 0 Å². The molecular formula is C17H17N3O. The third-order valence-electron chi connectivity index (χ3n) is 3.20. The molecule has 0 spiro atoms. The van der Waals surface area contributed by atoms with E-state index < -0.39 is 0 Å². The van der Waals surface area contributed by atoms with Gasteiger partial charge >= 0.3 is 0 Å². The number of benzene rings is 2. The van der Waals surface area contributed by atoms with Gasteiger partial charge in [0, 0.05) is 11.6 Å². The maximum atomic E-state index is 6.09. The van der Waals surface area contributed by atoms with E-state index in [2.05, 4.69) is 5.10 Å². The van der Waals surface area contributed by atoms with Crippen molar-refractivity contribution in [3.05, 3.63) is 60.7 Å². The van der Waals surface area contributed by atoms with Gasteiger partial charge in [0.1, 0.15) is 11.6 Å². The molecule has 0 aliphatic heterocycles. The Morgan fingerprint density at radius 1 is 1.05 bits per heavy atom. The van der Waals surface area contributed by atoms with E-state index in [0.29, 0.717) is 12.4 Å². The molecule has 2 N–H and O–H groups in total. The average Bonchev–Trinajstić information content (AvgIpc) is 2.91. The zero-order valence-corrected chi connectivity index (χ0v) is 11.9. The van der Waals surface area contributed by atoms with Crippen LogP contribution in [0.15, 0.2) is 60.7 Å². The molecule has 1 aromatic heterocycles. The minimum atomic E-state index is 0.600. The smallest absolute Gasteiger partial charge is 0.128 e. The van der Waals surface area contributed by atoms with Crippen LogP contribution < -0.4 is 10.5 Å². The van der Waals surface area contributed by atoms with Crippen LogP contribution >= 0.6 is 0 Å². The standard InChI is InChI=1S/C17H17N3O/c1-2-21-16-11-7-6-10-14(16)15-12-17(18)20(19-15)13-8-4-3-5-9-13/h3-12H,2,18H2,1H3. The normalized spacial score (nSPS) is 10.5. The second-order valence-corrected chi connectivity index (χ2v) is 4.63. The Balaban J connectivity index is 2.06. The third-order valence-corrected chi connectivity index (χ3v) is 3.20. The molecule has 0 atom stereocenters. The Hall–Kier alpha value is -2.75. The van der Waals surface area contributed by atoms with Crippen molar-refractivity contribution in [2.45, 2.75) is 6.92 Å². The fourth-order valence-corrected chi connectivity index (χ4v) is 2.26. The predicted molar refractivity (Wildman–Crippen MR) is 84.6 cm³/mol. The molecule has 3 aromatic rings. The number of nitrogens with two attached hydrogens (primary N) is 1. The van der Waals surface area contributed by atoms with Gasteiger partial charge < -0.3 is 10.5 Å². The van der Waals surface area contributed by atoms with Crippen molar-refractivity contribution < 1.29 is 4.74 Å². The molecule has 0 saturated heterocycles. The highest BCUT2D eigenvalue weighted by Gasteiger charge is 2.12. The zero-order chi connectivity index (χ0) is 14.7. The maximum Gasteiger partial charge on any atom is 0.128 e. The molecule has 0 bridgehead atoms. The number of hydrogen-bond acceptors (Lipinski definition) is 3. The number of anilines is 1. The monoisotopic (exact) mass is 279 g/mol. The lowest BCUT2D eigenvalue weighted by Gasteiger charge is -2.07. The Morgan fingerprint density at radius 3 is 2.52 bits per heavy atom. The molecule has 4 nitrogen and oxygen atoms in total. The first-order valence-corrected chi connectivity index (χ1v) is 6.92. The Labute approximate surface area is 123 Å². The number of nitrogen functional groups attached to an aromatic ring is 1. The summed E-state index contributed by atoms with van der Waals surface area (Å²) >= 11 is 0. The van der Waals surface area contributed by atoms with E-state index in [0.717, 1.165) is 22.7 Å². The average molecular weight is 279 g/mol. The fourth-order valence-electron chi connectivity index (χ4n) is 2.26. The summed E-state index contributed by atoms with van der Waals surface area (Å²) in [4.78, 5) is 0. The summed E-state index contributed by atoms with van der Waals surface area (Å²) in [6.45, 7) is 2.58. The minimum absolute atomic E-state index is 0.600. The van der Waals surface area contributed by atoms with Crippen LogP contribution in [0.4, 0.5) is 5.82 Å². The molecule has 0 aliphatic carbocycles. The van der Waals surface area contributed by atoms with Crippen molar-refractivity contribution in [2.24, 2.45) is 0 Å². The molecule has 2 aromatic carbocycles. The van der Waals surface area contributed by atoms with Crippen LogP contribution in [0.3, 0.4) is 0 Å². The van der Waals surface area contributed by atoms with Crippen LogP contribution in [-0.4, -0.2) is 16.4 Å². The largest absolute Gasteiger partial charge is 0.493 e. The number of hydrogen-bond donors (Lipinski definition) is 1. The lowest BCUT2D eigenvalue weighted by molar-refractivity contribution is 0.341. The van der Waals surface area contributed by atoms with Crippen LogP contribution in [-0.2, 0) is 0 Å². The molecule has 3 rings (SSSR count). The molecule has 21 heavy (non-hydrogen) atoms. The summed E-state index contributed by atoms with van der Waals surface area (Å²) in [5.41, 5.74) is 8.79. The van der Waals surface area contributed by atoms with E-state index in [1.165, 1.54) is 0 Å². The SMILES string of the molecule is CCOc1ccccc1-c1cc(N)n(-c2ccccc2)n1. The summed E-state index contributed by atoms with van der Waals surface area (Å²) < 4.78 is 7.39. The number of ether oxygens (including phenoxy) is 1. The molecule has 1 heterocycles. The van der Waals surface area contributed by atoms with Gasteiger partial charge in [-0.2, -0.15) is 5.10 Å². The van der Waals surface area contributed by atoms with Crippen molar-refractivity contribution >= 4 is 5.82 Å². The molecular weight excluding hydrogens is 262 g/mol. The van der Waals surface area contributed by atoms with Gasteiger partial charge in [0.2, 0.25) is 0 Å². The zero-order valence-electron chi connectivity index (χ0n) is 11.9. The summed E-state index contributed by atoms with van der Waals surface area (Å²) in [5.74, 6) is 1.42. The fraction of sp³-hybridized carbons (Fsp3) is 0.118. The van der Waals surface area contributed by atoms with E-state index >= 15 is 0 Å². The van der Waals surface area contributed by atoms with E-state index in [1.807, 2.05) is 67.6 Å². The van der Waals surface area contributed by atoms with Gasteiger partial charge in [-0.1, -0.05) is 30.3 Å². The number of aromatic nitrogens is 2. The molecule has 4 heteroatoms. The van der Waals surface area contributed by atoms with Gasteiger partial charge in [-0.15, -0.1) is 0 Å². The predicted octanol–water partition coefficient (Wildman–Crippen LogP) is 3.52. The van der Waals surface area contributed by atoms with E-state index in [4.69, 9.17) is 10.5 Å². The second-order valence-electron chi connectivity index (χ2n) is 4.63. The van der Waals surface area contributed by atoms with Crippen molar-refractivity contribution in [3.8, 4) is 22.7 Å². The number of para-hydroxylation sites is 2. The van der Waals surface area contributed by atoms with Crippen LogP contribution in [0.25, 0.3) is 16.9 Å². The van der Waals surface area contributed by atoms with Crippen LogP contribution in [0.2, 0.25) is 0 Å². The van der Waals surface area contributed by atoms with Gasteiger partial charge in [-0.25, -0.2) is 4.68 Å². The summed E-state index contributed by atoms with van der Waals surface area (Å²) in [5, 5.41) is 4.60. The van der Waals surface area contributed by atoms with Gasteiger partial charge in [0.15, 0.2) is 0 Å². The lowest BCUT2D eigenvalue weighted by atomic mass is 10.1. The molecule has 0 radical (unpaired) electrons. The van der Waals surface area contributed by atoms with Crippen molar-refractivity contribution in [1.29, 1.82) is 0 Å². The summed E-state index contributed by atoms with van der Waals surface area (Å²) in [6.07, 6.45) is 0. The quantitative estimate of drug-likeness (QED) is 0.795. The highest BCUT2D eigenvalue weighted by Crippen LogP contribution is 2.30. The highest BCUT2D eigenvalue weighted by molar-refractivity contribution is 5.69. The molecule has 0 unspecified atom stereocenters. The van der Waals surface area contributed by atoms with Crippen molar-refractivity contribution in [1.82, 2.24) is 9.78 Å². The van der Waals surface area contributed by atoms with Gasteiger partial charge in [0.25, 0.3) is 0 Å². The van der Waals surface area contributed by atoms with E-state index in [-0.39, 0.29) is 0 Å². The van der Waals surface area contributed by atoms with Crippen molar-refractivity contribution in [3.63, 3.8) is 0 Å². The molecule has 0 fully saturated rings. The first kappa shape index (κ1) is 13.2.